The highest BCUT2D eigenvalue weighted by Crippen LogP contribution is 2.17. The molecule has 1 aromatic heterocycles. The Hall–Kier alpha value is -0.670. The second-order valence-electron chi connectivity index (χ2n) is 3.62. The van der Waals surface area contributed by atoms with Crippen molar-refractivity contribution in [2.45, 2.75) is 32.8 Å². The van der Waals surface area contributed by atoms with Crippen molar-refractivity contribution >= 4 is 17.1 Å². The largest absolute Gasteiger partial charge is 0.368 e. The third kappa shape index (κ3) is 2.93. The average Bonchev–Trinajstić information content (AvgIpc) is 2.56. The van der Waals surface area contributed by atoms with E-state index in [4.69, 9.17) is 4.74 Å². The van der Waals surface area contributed by atoms with Gasteiger partial charge in [-0.3, -0.25) is 4.79 Å². The molecule has 1 rings (SSSR count). The molecule has 0 aromatic carbocycles. The van der Waals surface area contributed by atoms with Gasteiger partial charge in [0.05, 0.1) is 0 Å². The van der Waals surface area contributed by atoms with Crippen LogP contribution in [0.4, 0.5) is 0 Å². The highest BCUT2D eigenvalue weighted by molar-refractivity contribution is 7.10. The highest BCUT2D eigenvalue weighted by atomic mass is 32.1. The zero-order chi connectivity index (χ0) is 10.6. The van der Waals surface area contributed by atoms with Crippen molar-refractivity contribution < 1.29 is 9.53 Å². The number of ether oxygens (including phenoxy) is 1. The second kappa shape index (κ2) is 4.71. The van der Waals surface area contributed by atoms with E-state index in [1.54, 1.807) is 11.3 Å². The Bertz CT molecular complexity index is 288. The molecule has 0 saturated heterocycles. The molecule has 0 fully saturated rings. The number of Topliss-reactive ketones (excluding diaryl/α,β-unsaturated/α-hetero) is 1. The Balaban J connectivity index is 2.57. The van der Waals surface area contributed by atoms with Gasteiger partial charge < -0.3 is 4.74 Å². The van der Waals surface area contributed by atoms with E-state index in [1.165, 1.54) is 0 Å². The Kier molecular flexibility index (Phi) is 3.84. The maximum Gasteiger partial charge on any atom is 0.169 e. The van der Waals surface area contributed by atoms with E-state index in [9.17, 15) is 4.79 Å². The summed E-state index contributed by atoms with van der Waals surface area (Å²) in [6.07, 6.45) is 0.477. The molecule has 78 valence electrons. The first-order valence-electron chi connectivity index (χ1n) is 4.76. The molecule has 0 aliphatic carbocycles. The highest BCUT2D eigenvalue weighted by Gasteiger charge is 2.27. The summed E-state index contributed by atoms with van der Waals surface area (Å²) >= 11 is 1.61. The molecule has 0 radical (unpaired) electrons. The molecule has 0 aliphatic rings. The SMILES string of the molecule is CCOC(C)(C)C(=O)Cc1cccs1. The topological polar surface area (TPSA) is 26.3 Å². The Labute approximate surface area is 88.9 Å². The van der Waals surface area contributed by atoms with Crippen LogP contribution in [0, 0.1) is 0 Å². The Morgan fingerprint density at radius 2 is 2.29 bits per heavy atom. The predicted octanol–water partition coefficient (Wildman–Crippen LogP) is 2.67. The molecule has 14 heavy (non-hydrogen) atoms. The number of hydrogen-bond donors (Lipinski definition) is 0. The third-order valence-corrected chi connectivity index (χ3v) is 2.97. The molecule has 3 heteroatoms. The minimum Gasteiger partial charge on any atom is -0.368 e. The first-order chi connectivity index (χ1) is 6.56. The van der Waals surface area contributed by atoms with E-state index in [-0.39, 0.29) is 5.78 Å². The molecule has 0 aliphatic heterocycles. The zero-order valence-electron chi connectivity index (χ0n) is 8.87. The Morgan fingerprint density at radius 1 is 1.57 bits per heavy atom. The van der Waals surface area contributed by atoms with Crippen molar-refractivity contribution in [3.8, 4) is 0 Å². The maximum atomic E-state index is 11.8. The van der Waals surface area contributed by atoms with Crippen LogP contribution in [0.15, 0.2) is 17.5 Å². The van der Waals surface area contributed by atoms with Crippen LogP contribution in [0.25, 0.3) is 0 Å². The van der Waals surface area contributed by atoms with Crippen molar-refractivity contribution in [1.29, 1.82) is 0 Å². The van der Waals surface area contributed by atoms with Crippen molar-refractivity contribution in [2.75, 3.05) is 6.61 Å². The van der Waals surface area contributed by atoms with E-state index in [2.05, 4.69) is 0 Å². The van der Waals surface area contributed by atoms with Crippen molar-refractivity contribution in [3.63, 3.8) is 0 Å². The predicted molar refractivity (Wildman–Crippen MR) is 58.7 cm³/mol. The molecule has 0 N–H and O–H groups in total. The number of carbonyl (C=O) groups is 1. The fourth-order valence-electron chi connectivity index (χ4n) is 1.23. The summed E-state index contributed by atoms with van der Waals surface area (Å²) in [5.74, 6) is 0.141. The van der Waals surface area contributed by atoms with Gasteiger partial charge in [-0.05, 0) is 32.2 Å². The quantitative estimate of drug-likeness (QED) is 0.750. The molecule has 0 amide bonds. The molecule has 2 nitrogen and oxygen atoms in total. The van der Waals surface area contributed by atoms with Gasteiger partial charge in [-0.15, -0.1) is 11.3 Å². The van der Waals surface area contributed by atoms with E-state index < -0.39 is 5.60 Å². The van der Waals surface area contributed by atoms with E-state index in [1.807, 2.05) is 38.3 Å². The van der Waals surface area contributed by atoms with Gasteiger partial charge in [0.15, 0.2) is 5.78 Å². The fraction of sp³-hybridized carbons (Fsp3) is 0.545. The van der Waals surface area contributed by atoms with Crippen LogP contribution in [0.2, 0.25) is 0 Å². The summed E-state index contributed by atoms with van der Waals surface area (Å²) in [5.41, 5.74) is -0.654. The first kappa shape index (κ1) is 11.4. The normalized spacial score (nSPS) is 11.6. The number of ketones is 1. The molecule has 0 bridgehead atoms. The molecule has 0 unspecified atom stereocenters. The number of thiophene rings is 1. The lowest BCUT2D eigenvalue weighted by molar-refractivity contribution is -0.139. The smallest absolute Gasteiger partial charge is 0.169 e. The Morgan fingerprint density at radius 3 is 2.79 bits per heavy atom. The number of carbonyl (C=O) groups excluding carboxylic acids is 1. The zero-order valence-corrected chi connectivity index (χ0v) is 9.69. The van der Waals surface area contributed by atoms with Gasteiger partial charge in [-0.25, -0.2) is 0 Å². The minimum absolute atomic E-state index is 0.141. The van der Waals surface area contributed by atoms with Gasteiger partial charge >= 0.3 is 0 Å². The van der Waals surface area contributed by atoms with E-state index in [0.29, 0.717) is 13.0 Å². The van der Waals surface area contributed by atoms with Gasteiger partial charge in [0, 0.05) is 17.9 Å². The third-order valence-electron chi connectivity index (χ3n) is 2.09. The van der Waals surface area contributed by atoms with Gasteiger partial charge in [0.1, 0.15) is 5.60 Å². The van der Waals surface area contributed by atoms with Crippen LogP contribution in [0.1, 0.15) is 25.6 Å². The minimum atomic E-state index is -0.654. The summed E-state index contributed by atoms with van der Waals surface area (Å²) in [5, 5.41) is 1.98. The van der Waals surface area contributed by atoms with E-state index >= 15 is 0 Å². The summed E-state index contributed by atoms with van der Waals surface area (Å²) in [4.78, 5) is 12.9. The summed E-state index contributed by atoms with van der Waals surface area (Å²) in [6, 6.07) is 3.94. The lowest BCUT2D eigenvalue weighted by atomic mass is 10.00. The summed E-state index contributed by atoms with van der Waals surface area (Å²) in [7, 11) is 0. The molecule has 0 atom stereocenters. The number of hydrogen-bond acceptors (Lipinski definition) is 3. The van der Waals surface area contributed by atoms with Crippen LogP contribution >= 0.6 is 11.3 Å². The van der Waals surface area contributed by atoms with Crippen LogP contribution in [0.5, 0.6) is 0 Å². The lowest BCUT2D eigenvalue weighted by Crippen LogP contribution is -2.36. The van der Waals surface area contributed by atoms with Crippen molar-refractivity contribution in [3.05, 3.63) is 22.4 Å². The van der Waals surface area contributed by atoms with Crippen LogP contribution in [0.3, 0.4) is 0 Å². The summed E-state index contributed by atoms with van der Waals surface area (Å²) < 4.78 is 5.39. The lowest BCUT2D eigenvalue weighted by Gasteiger charge is -2.22. The number of rotatable bonds is 5. The van der Waals surface area contributed by atoms with Crippen molar-refractivity contribution in [2.24, 2.45) is 0 Å². The average molecular weight is 212 g/mol. The van der Waals surface area contributed by atoms with Gasteiger partial charge in [0.2, 0.25) is 0 Å². The van der Waals surface area contributed by atoms with Gasteiger partial charge in [-0.2, -0.15) is 0 Å². The molecular formula is C11H16O2S. The van der Waals surface area contributed by atoms with E-state index in [0.717, 1.165) is 4.88 Å². The van der Waals surface area contributed by atoms with Gasteiger partial charge in [0.25, 0.3) is 0 Å². The van der Waals surface area contributed by atoms with Crippen LogP contribution in [-0.4, -0.2) is 18.0 Å². The van der Waals surface area contributed by atoms with Crippen LogP contribution in [-0.2, 0) is 16.0 Å². The molecule has 1 heterocycles. The molecule has 0 saturated carbocycles. The monoisotopic (exact) mass is 212 g/mol. The maximum absolute atomic E-state index is 11.8. The van der Waals surface area contributed by atoms with Crippen molar-refractivity contribution in [1.82, 2.24) is 0 Å². The molecule has 0 spiro atoms. The molecular weight excluding hydrogens is 196 g/mol. The van der Waals surface area contributed by atoms with Crippen LogP contribution < -0.4 is 0 Å². The standard InChI is InChI=1S/C11H16O2S/c1-4-13-11(2,3)10(12)8-9-6-5-7-14-9/h5-7H,4,8H2,1-3H3. The molecule has 1 aromatic rings. The summed E-state index contributed by atoms with van der Waals surface area (Å²) in [6.45, 7) is 6.13. The fourth-order valence-corrected chi connectivity index (χ4v) is 1.93. The first-order valence-corrected chi connectivity index (χ1v) is 5.64. The second-order valence-corrected chi connectivity index (χ2v) is 4.65. The van der Waals surface area contributed by atoms with Gasteiger partial charge in [-0.1, -0.05) is 6.07 Å².